The van der Waals surface area contributed by atoms with Crippen LogP contribution in [0.3, 0.4) is 0 Å². The number of amides is 1. The van der Waals surface area contributed by atoms with Gasteiger partial charge in [0.2, 0.25) is 11.5 Å². The molecule has 0 bridgehead atoms. The molecule has 10 heteroatoms. The van der Waals surface area contributed by atoms with E-state index in [9.17, 15) is 18.8 Å². The third-order valence-corrected chi connectivity index (χ3v) is 6.24. The minimum Gasteiger partial charge on any atom is -0.286 e. The van der Waals surface area contributed by atoms with Crippen molar-refractivity contribution in [2.75, 3.05) is 10.7 Å². The zero-order valence-corrected chi connectivity index (χ0v) is 19.4. The Bertz CT molecular complexity index is 1560. The summed E-state index contributed by atoms with van der Waals surface area (Å²) in [7, 11) is 0. The molecule has 1 N–H and O–H groups in total. The molecule has 0 saturated carbocycles. The van der Waals surface area contributed by atoms with Gasteiger partial charge in [-0.25, -0.2) is 14.2 Å². The van der Waals surface area contributed by atoms with Gasteiger partial charge in [-0.05, 0) is 34.2 Å². The molecule has 5 rings (SSSR count). The van der Waals surface area contributed by atoms with Crippen molar-refractivity contribution in [3.63, 3.8) is 0 Å². The van der Waals surface area contributed by atoms with Gasteiger partial charge in [0.1, 0.15) is 11.5 Å². The van der Waals surface area contributed by atoms with Gasteiger partial charge in [0, 0.05) is 17.7 Å². The summed E-state index contributed by atoms with van der Waals surface area (Å²) < 4.78 is 20.3. The molecule has 3 aromatic carbocycles. The molecule has 0 radical (unpaired) electrons. The SMILES string of the molecule is O=C(CSC1=N/C(=C/c2ccccc2F)C(=O)N1c1ccccc1)c1c(=O)o[nH][n+]1-c1ccccc1. The van der Waals surface area contributed by atoms with Crippen LogP contribution in [-0.2, 0) is 4.79 Å². The number of hydrogen-bond acceptors (Lipinski definition) is 6. The average Bonchev–Trinajstić information content (AvgIpc) is 3.44. The smallest absolute Gasteiger partial charge is 0.286 e. The van der Waals surface area contributed by atoms with Crippen LogP contribution in [0, 0.1) is 5.82 Å². The minimum atomic E-state index is -0.811. The molecule has 1 aromatic heterocycles. The second-order valence-electron chi connectivity index (χ2n) is 7.63. The fourth-order valence-electron chi connectivity index (χ4n) is 3.61. The fraction of sp³-hybridized carbons (Fsp3) is 0.0385. The van der Waals surface area contributed by atoms with Crippen molar-refractivity contribution in [2.24, 2.45) is 4.99 Å². The zero-order chi connectivity index (χ0) is 25.1. The fourth-order valence-corrected chi connectivity index (χ4v) is 4.48. The highest BCUT2D eigenvalue weighted by molar-refractivity contribution is 8.14. The number of thioether (sulfide) groups is 1. The molecule has 1 aliphatic rings. The standard InChI is InChI=1S/C26H17FN4O4S/c27-20-14-8-7-9-17(20)15-21-24(33)30(18-10-3-1-4-11-18)26(28-21)36-16-22(32)23-25(34)35-29-31(23)19-12-5-2-6-13-19/h1-15H,16H2/p+1/b21-15+. The number of rotatable bonds is 6. The van der Waals surface area contributed by atoms with Crippen LogP contribution in [0.1, 0.15) is 16.1 Å². The Morgan fingerprint density at radius 2 is 1.67 bits per heavy atom. The molecule has 2 heterocycles. The van der Waals surface area contributed by atoms with E-state index >= 15 is 0 Å². The second kappa shape index (κ2) is 9.96. The van der Waals surface area contributed by atoms with E-state index in [-0.39, 0.29) is 27.9 Å². The van der Waals surface area contributed by atoms with Crippen molar-refractivity contribution in [1.82, 2.24) is 5.27 Å². The first-order valence-corrected chi connectivity index (χ1v) is 11.8. The van der Waals surface area contributed by atoms with Crippen molar-refractivity contribution < 1.29 is 23.2 Å². The van der Waals surface area contributed by atoms with E-state index in [4.69, 9.17) is 4.52 Å². The normalized spacial score (nSPS) is 14.4. The molecule has 0 atom stereocenters. The highest BCUT2D eigenvalue weighted by atomic mass is 32.2. The van der Waals surface area contributed by atoms with Gasteiger partial charge in [-0.2, -0.15) is 0 Å². The van der Waals surface area contributed by atoms with Gasteiger partial charge in [0.15, 0.2) is 5.17 Å². The van der Waals surface area contributed by atoms with Crippen LogP contribution in [0.5, 0.6) is 0 Å². The van der Waals surface area contributed by atoms with Crippen LogP contribution in [0.15, 0.2) is 105 Å². The summed E-state index contributed by atoms with van der Waals surface area (Å²) in [4.78, 5) is 44.4. The Morgan fingerprint density at radius 1 is 1.00 bits per heavy atom. The van der Waals surface area contributed by atoms with Crippen LogP contribution >= 0.6 is 11.8 Å². The number of H-pyrrole nitrogens is 1. The van der Waals surface area contributed by atoms with Gasteiger partial charge in [-0.15, -0.1) is 0 Å². The molecule has 36 heavy (non-hydrogen) atoms. The minimum absolute atomic E-state index is 0.0272. The van der Waals surface area contributed by atoms with Crippen molar-refractivity contribution in [2.45, 2.75) is 0 Å². The topological polar surface area (TPSA) is 99.6 Å². The number of nitrogens with zero attached hydrogens (tertiary/aromatic N) is 3. The maximum Gasteiger partial charge on any atom is 0.438 e. The van der Waals surface area contributed by atoms with Crippen LogP contribution in [0.4, 0.5) is 10.1 Å². The summed E-state index contributed by atoms with van der Waals surface area (Å²) in [6.07, 6.45) is 1.37. The maximum absolute atomic E-state index is 14.2. The molecule has 4 aromatic rings. The number of aromatic nitrogens is 2. The Kier molecular flexibility index (Phi) is 6.42. The highest BCUT2D eigenvalue weighted by Gasteiger charge is 2.35. The number of ketones is 1. The van der Waals surface area contributed by atoms with Crippen LogP contribution < -0.4 is 15.2 Å². The van der Waals surface area contributed by atoms with Crippen molar-refractivity contribution >= 4 is 40.4 Å². The Morgan fingerprint density at radius 3 is 2.39 bits per heavy atom. The first kappa shape index (κ1) is 23.2. The summed E-state index contributed by atoms with van der Waals surface area (Å²) in [6, 6.07) is 23.6. The number of carbonyl (C=O) groups is 2. The first-order chi connectivity index (χ1) is 17.5. The number of aliphatic imine (C=N–C) groups is 1. The lowest BCUT2D eigenvalue weighted by atomic mass is 10.1. The number of benzene rings is 3. The van der Waals surface area contributed by atoms with Gasteiger partial charge in [-0.3, -0.25) is 19.0 Å². The van der Waals surface area contributed by atoms with Crippen molar-refractivity contribution in [3.05, 3.63) is 118 Å². The third kappa shape index (κ3) is 4.53. The summed E-state index contributed by atoms with van der Waals surface area (Å²) >= 11 is 0.991. The van der Waals surface area contributed by atoms with E-state index in [1.165, 1.54) is 21.7 Å². The van der Waals surface area contributed by atoms with Crippen LogP contribution in [0.25, 0.3) is 11.8 Å². The highest BCUT2D eigenvalue weighted by Crippen LogP contribution is 2.29. The summed E-state index contributed by atoms with van der Waals surface area (Å²) in [6.45, 7) is 0. The average molecular weight is 502 g/mol. The van der Waals surface area contributed by atoms with Gasteiger partial charge in [-0.1, -0.05) is 66.4 Å². The van der Waals surface area contributed by atoms with E-state index in [1.807, 2.05) is 0 Å². The lowest BCUT2D eigenvalue weighted by Crippen LogP contribution is -2.41. The maximum atomic E-state index is 14.2. The van der Waals surface area contributed by atoms with Crippen LogP contribution in [0.2, 0.25) is 0 Å². The van der Waals surface area contributed by atoms with E-state index in [2.05, 4.69) is 10.3 Å². The number of halogens is 1. The van der Waals surface area contributed by atoms with Gasteiger partial charge >= 0.3 is 11.3 Å². The number of nitrogens with one attached hydrogen (secondary N) is 1. The van der Waals surface area contributed by atoms with E-state index in [1.54, 1.807) is 78.9 Å². The monoisotopic (exact) mass is 501 g/mol. The number of Topliss-reactive ketones (excluding diaryl/α,β-unsaturated/α-hetero) is 1. The molecular weight excluding hydrogens is 483 g/mol. The molecular formula is C26H18FN4O4S+. The predicted octanol–water partition coefficient (Wildman–Crippen LogP) is 3.74. The molecule has 0 saturated heterocycles. The molecule has 0 unspecified atom stereocenters. The number of anilines is 1. The molecule has 1 aliphatic heterocycles. The number of aromatic amines is 1. The quantitative estimate of drug-likeness (QED) is 0.247. The van der Waals surface area contributed by atoms with Crippen molar-refractivity contribution in [3.8, 4) is 5.69 Å². The van der Waals surface area contributed by atoms with Crippen molar-refractivity contribution in [1.29, 1.82) is 0 Å². The first-order valence-electron chi connectivity index (χ1n) is 10.8. The molecule has 178 valence electrons. The largest absolute Gasteiger partial charge is 0.438 e. The number of para-hydroxylation sites is 2. The number of hydrogen-bond donors (Lipinski definition) is 1. The zero-order valence-electron chi connectivity index (χ0n) is 18.6. The molecule has 0 aliphatic carbocycles. The molecule has 0 spiro atoms. The molecule has 1 amide bonds. The second-order valence-corrected chi connectivity index (χ2v) is 8.58. The summed E-state index contributed by atoms with van der Waals surface area (Å²) in [5, 5.41) is 2.67. The lowest BCUT2D eigenvalue weighted by molar-refractivity contribution is -0.672. The van der Waals surface area contributed by atoms with E-state index in [0.29, 0.717) is 11.4 Å². The Labute approximate surface area is 208 Å². The number of carbonyl (C=O) groups excluding carboxylic acids is 2. The predicted molar refractivity (Wildman–Crippen MR) is 133 cm³/mol. The summed E-state index contributed by atoms with van der Waals surface area (Å²) in [5.41, 5.74) is 0.332. The summed E-state index contributed by atoms with van der Waals surface area (Å²) in [5.74, 6) is -1.66. The molecule has 8 nitrogen and oxygen atoms in total. The van der Waals surface area contributed by atoms with Crippen LogP contribution in [-0.4, -0.2) is 27.9 Å². The third-order valence-electron chi connectivity index (χ3n) is 5.30. The Balaban J connectivity index is 1.45. The lowest BCUT2D eigenvalue weighted by Gasteiger charge is -2.17. The number of amidine groups is 1. The van der Waals surface area contributed by atoms with E-state index < -0.39 is 23.1 Å². The Hall–Kier alpha value is -4.57. The van der Waals surface area contributed by atoms with Gasteiger partial charge < -0.3 is 0 Å². The van der Waals surface area contributed by atoms with Gasteiger partial charge in [0.05, 0.1) is 11.4 Å². The molecule has 0 fully saturated rings. The van der Waals surface area contributed by atoms with E-state index in [0.717, 1.165) is 11.8 Å². The van der Waals surface area contributed by atoms with Gasteiger partial charge in [0.25, 0.3) is 5.91 Å².